The number of rotatable bonds is 8. The highest BCUT2D eigenvalue weighted by Gasteiger charge is 2.17. The smallest absolute Gasteiger partial charge is 0.278 e. The summed E-state index contributed by atoms with van der Waals surface area (Å²) in [5, 5.41) is 22.7. The van der Waals surface area contributed by atoms with Gasteiger partial charge in [0.05, 0.1) is 29.6 Å². The van der Waals surface area contributed by atoms with Crippen molar-refractivity contribution in [1.29, 1.82) is 0 Å². The lowest BCUT2D eigenvalue weighted by atomic mass is 10.1. The zero-order valence-corrected chi connectivity index (χ0v) is 15.0. The molecule has 1 N–H and O–H groups in total. The van der Waals surface area contributed by atoms with E-state index in [2.05, 4.69) is 4.98 Å². The van der Waals surface area contributed by atoms with E-state index in [0.717, 1.165) is 16.6 Å². The highest BCUT2D eigenvalue weighted by molar-refractivity contribution is 5.99. The van der Waals surface area contributed by atoms with Crippen molar-refractivity contribution in [3.8, 4) is 0 Å². The molecule has 1 unspecified atom stereocenters. The Hall–Kier alpha value is -3.03. The van der Waals surface area contributed by atoms with Crippen LogP contribution < -0.4 is 4.90 Å². The van der Waals surface area contributed by atoms with E-state index in [-0.39, 0.29) is 12.3 Å². The maximum atomic E-state index is 11.2. The number of aliphatic hydroxyl groups excluding tert-OH is 1. The van der Waals surface area contributed by atoms with Crippen LogP contribution in [0.1, 0.15) is 5.56 Å². The lowest BCUT2D eigenvalue weighted by Gasteiger charge is -2.24. The van der Waals surface area contributed by atoms with E-state index < -0.39 is 11.0 Å². The van der Waals surface area contributed by atoms with Gasteiger partial charge in [-0.25, -0.2) is 0 Å². The molecule has 0 amide bonds. The summed E-state index contributed by atoms with van der Waals surface area (Å²) >= 11 is 0. The van der Waals surface area contributed by atoms with Crippen molar-refractivity contribution < 1.29 is 14.8 Å². The van der Waals surface area contributed by atoms with Gasteiger partial charge in [0.2, 0.25) is 0 Å². The molecule has 7 heteroatoms. The average molecular weight is 367 g/mol. The van der Waals surface area contributed by atoms with E-state index in [0.29, 0.717) is 18.5 Å². The van der Waals surface area contributed by atoms with Crippen molar-refractivity contribution in [2.75, 3.05) is 25.1 Å². The minimum absolute atomic E-state index is 0.0157. The number of nitrogens with zero attached hydrogens (tertiary/aromatic N) is 3. The number of aliphatic hydroxyl groups is 1. The molecule has 3 aromatic rings. The van der Waals surface area contributed by atoms with Crippen molar-refractivity contribution in [2.45, 2.75) is 12.7 Å². The molecule has 0 spiro atoms. The number of likely N-dealkylation sites (N-methyl/N-ethyl adjacent to an activating group) is 1. The second-order valence-corrected chi connectivity index (χ2v) is 6.32. The van der Waals surface area contributed by atoms with Crippen LogP contribution in [0.2, 0.25) is 0 Å². The SMILES string of the molecule is CN(CC(O)COCc1ccccc1)c1ccc([N+](=O)[O-])c2cnccc12. The molecule has 7 nitrogen and oxygen atoms in total. The van der Waals surface area contributed by atoms with Crippen LogP contribution in [0.5, 0.6) is 0 Å². The number of hydrogen-bond acceptors (Lipinski definition) is 6. The molecule has 0 aliphatic heterocycles. The predicted molar refractivity (Wildman–Crippen MR) is 104 cm³/mol. The number of aromatic nitrogens is 1. The number of fused-ring (bicyclic) bond motifs is 1. The summed E-state index contributed by atoms with van der Waals surface area (Å²) in [6.45, 7) is 0.976. The first-order valence-corrected chi connectivity index (χ1v) is 8.58. The number of hydrogen-bond donors (Lipinski definition) is 1. The third-order valence-corrected chi connectivity index (χ3v) is 4.29. The molecular formula is C20H21N3O4. The van der Waals surface area contributed by atoms with Crippen LogP contribution in [0.25, 0.3) is 10.8 Å². The molecule has 0 radical (unpaired) electrons. The van der Waals surface area contributed by atoms with E-state index in [1.165, 1.54) is 12.3 Å². The van der Waals surface area contributed by atoms with Gasteiger partial charge in [-0.1, -0.05) is 30.3 Å². The van der Waals surface area contributed by atoms with Gasteiger partial charge in [0, 0.05) is 43.1 Å². The van der Waals surface area contributed by atoms with E-state index in [1.54, 1.807) is 18.3 Å². The molecule has 1 aromatic heterocycles. The molecule has 0 bridgehead atoms. The fourth-order valence-electron chi connectivity index (χ4n) is 3.01. The molecule has 0 aliphatic rings. The monoisotopic (exact) mass is 367 g/mol. The fourth-order valence-corrected chi connectivity index (χ4v) is 3.01. The van der Waals surface area contributed by atoms with Crippen molar-refractivity contribution in [2.24, 2.45) is 0 Å². The summed E-state index contributed by atoms with van der Waals surface area (Å²) in [6, 6.07) is 14.7. The number of benzene rings is 2. The van der Waals surface area contributed by atoms with Gasteiger partial charge in [-0.2, -0.15) is 0 Å². The van der Waals surface area contributed by atoms with Crippen LogP contribution in [0.15, 0.2) is 60.9 Å². The van der Waals surface area contributed by atoms with Gasteiger partial charge >= 0.3 is 0 Å². The van der Waals surface area contributed by atoms with Gasteiger partial charge in [-0.3, -0.25) is 15.1 Å². The predicted octanol–water partition coefficient (Wildman–Crippen LogP) is 3.16. The zero-order chi connectivity index (χ0) is 19.2. The van der Waals surface area contributed by atoms with Gasteiger partial charge in [-0.05, 0) is 17.7 Å². The second-order valence-electron chi connectivity index (χ2n) is 6.32. The Morgan fingerprint density at radius 2 is 1.96 bits per heavy atom. The molecule has 0 saturated heterocycles. The molecule has 27 heavy (non-hydrogen) atoms. The lowest BCUT2D eigenvalue weighted by Crippen LogP contribution is -2.32. The van der Waals surface area contributed by atoms with E-state index in [1.807, 2.05) is 42.3 Å². The van der Waals surface area contributed by atoms with Crippen LogP contribution >= 0.6 is 0 Å². The standard InChI is InChI=1S/C20H21N3O4/c1-22(12-16(24)14-27-13-15-5-3-2-4-6-15)19-7-8-20(23(25)26)18-11-21-10-9-17(18)19/h2-11,16,24H,12-14H2,1H3. The number of pyridine rings is 1. The van der Waals surface area contributed by atoms with E-state index in [4.69, 9.17) is 4.74 Å². The number of ether oxygens (including phenoxy) is 1. The Bertz CT molecular complexity index is 918. The van der Waals surface area contributed by atoms with Gasteiger partial charge in [-0.15, -0.1) is 0 Å². The van der Waals surface area contributed by atoms with Gasteiger partial charge < -0.3 is 14.7 Å². The lowest BCUT2D eigenvalue weighted by molar-refractivity contribution is -0.383. The van der Waals surface area contributed by atoms with Crippen LogP contribution in [0.4, 0.5) is 11.4 Å². The maximum Gasteiger partial charge on any atom is 0.278 e. The van der Waals surface area contributed by atoms with Crippen LogP contribution in [-0.4, -0.2) is 41.3 Å². The van der Waals surface area contributed by atoms with Crippen LogP contribution in [0, 0.1) is 10.1 Å². The third kappa shape index (κ3) is 4.58. The average Bonchev–Trinajstić information content (AvgIpc) is 2.67. The largest absolute Gasteiger partial charge is 0.389 e. The minimum Gasteiger partial charge on any atom is -0.389 e. The van der Waals surface area contributed by atoms with Gasteiger partial charge in [0.25, 0.3) is 5.69 Å². The molecular weight excluding hydrogens is 346 g/mol. The second kappa shape index (κ2) is 8.57. The van der Waals surface area contributed by atoms with Crippen LogP contribution in [0.3, 0.4) is 0 Å². The van der Waals surface area contributed by atoms with Gasteiger partial charge in [0.1, 0.15) is 0 Å². The first kappa shape index (κ1) is 18.8. The normalized spacial score (nSPS) is 12.1. The van der Waals surface area contributed by atoms with Crippen molar-refractivity contribution in [3.63, 3.8) is 0 Å². The van der Waals surface area contributed by atoms with Crippen LogP contribution in [-0.2, 0) is 11.3 Å². The Labute approximate surface area is 157 Å². The fraction of sp³-hybridized carbons (Fsp3) is 0.250. The quantitative estimate of drug-likeness (QED) is 0.486. The van der Waals surface area contributed by atoms with E-state index in [9.17, 15) is 15.2 Å². The number of anilines is 1. The van der Waals surface area contributed by atoms with Crippen molar-refractivity contribution >= 4 is 22.1 Å². The molecule has 0 fully saturated rings. The third-order valence-electron chi connectivity index (χ3n) is 4.29. The molecule has 3 rings (SSSR count). The Kier molecular flexibility index (Phi) is 5.95. The maximum absolute atomic E-state index is 11.2. The topological polar surface area (TPSA) is 88.7 Å². The number of non-ortho nitro benzene ring substituents is 1. The molecule has 1 heterocycles. The summed E-state index contributed by atoms with van der Waals surface area (Å²) < 4.78 is 5.58. The summed E-state index contributed by atoms with van der Waals surface area (Å²) in [5.41, 5.74) is 1.86. The summed E-state index contributed by atoms with van der Waals surface area (Å²) in [7, 11) is 1.83. The van der Waals surface area contributed by atoms with Gasteiger partial charge in [0.15, 0.2) is 0 Å². The summed E-state index contributed by atoms with van der Waals surface area (Å²) in [5.74, 6) is 0. The summed E-state index contributed by atoms with van der Waals surface area (Å²) in [4.78, 5) is 16.7. The minimum atomic E-state index is -0.689. The van der Waals surface area contributed by atoms with Crippen molar-refractivity contribution in [1.82, 2.24) is 4.98 Å². The highest BCUT2D eigenvalue weighted by Crippen LogP contribution is 2.32. The van der Waals surface area contributed by atoms with Crippen molar-refractivity contribution in [3.05, 3.63) is 76.6 Å². The zero-order valence-electron chi connectivity index (χ0n) is 15.0. The molecule has 140 valence electrons. The highest BCUT2D eigenvalue weighted by atomic mass is 16.6. The number of nitro groups is 1. The molecule has 1 atom stereocenters. The first-order valence-electron chi connectivity index (χ1n) is 8.58. The Morgan fingerprint density at radius 3 is 2.70 bits per heavy atom. The number of nitro benzene ring substituents is 1. The summed E-state index contributed by atoms with van der Waals surface area (Å²) in [6.07, 6.45) is 2.40. The molecule has 0 saturated carbocycles. The Morgan fingerprint density at radius 1 is 1.19 bits per heavy atom. The Balaban J connectivity index is 1.66. The molecule has 2 aromatic carbocycles. The molecule has 0 aliphatic carbocycles. The van der Waals surface area contributed by atoms with E-state index >= 15 is 0 Å². The first-order chi connectivity index (χ1) is 13.1.